The molecular formula is C17H19F2NS. The van der Waals surface area contributed by atoms with Crippen LogP contribution in [0.25, 0.3) is 0 Å². The molecule has 1 aromatic heterocycles. The van der Waals surface area contributed by atoms with Gasteiger partial charge in [0, 0.05) is 15.8 Å². The van der Waals surface area contributed by atoms with Crippen LogP contribution in [0.5, 0.6) is 0 Å². The zero-order chi connectivity index (χ0) is 14.8. The number of fused-ring (bicyclic) bond motifs is 1. The number of aryl methyl sites for hydroxylation is 2. The van der Waals surface area contributed by atoms with E-state index in [2.05, 4.69) is 18.3 Å². The van der Waals surface area contributed by atoms with Gasteiger partial charge in [-0.05, 0) is 61.6 Å². The Labute approximate surface area is 128 Å². The van der Waals surface area contributed by atoms with Crippen LogP contribution in [0.1, 0.15) is 46.7 Å². The summed E-state index contributed by atoms with van der Waals surface area (Å²) in [5.74, 6) is -1.03. The van der Waals surface area contributed by atoms with Crippen molar-refractivity contribution < 1.29 is 8.78 Å². The van der Waals surface area contributed by atoms with Gasteiger partial charge in [-0.25, -0.2) is 8.78 Å². The Bertz CT molecular complexity index is 594. The second-order valence-electron chi connectivity index (χ2n) is 5.54. The van der Waals surface area contributed by atoms with Crippen molar-refractivity contribution in [3.8, 4) is 0 Å². The highest BCUT2D eigenvalue weighted by atomic mass is 32.1. The monoisotopic (exact) mass is 307 g/mol. The van der Waals surface area contributed by atoms with Crippen LogP contribution >= 0.6 is 11.3 Å². The molecule has 0 saturated carbocycles. The maximum atomic E-state index is 13.5. The molecule has 1 nitrogen and oxygen atoms in total. The third-order valence-electron chi connectivity index (χ3n) is 3.87. The number of benzene rings is 1. The summed E-state index contributed by atoms with van der Waals surface area (Å²) in [6.45, 7) is 2.91. The molecule has 1 aliphatic rings. The predicted molar refractivity (Wildman–Crippen MR) is 82.8 cm³/mol. The van der Waals surface area contributed by atoms with Gasteiger partial charge in [-0.15, -0.1) is 11.3 Å². The molecule has 112 valence electrons. The second kappa shape index (κ2) is 6.24. The van der Waals surface area contributed by atoms with Gasteiger partial charge in [0.2, 0.25) is 0 Å². The van der Waals surface area contributed by atoms with E-state index < -0.39 is 11.6 Å². The molecule has 0 amide bonds. The third kappa shape index (κ3) is 3.16. The number of nitrogens with one attached hydrogen (secondary N) is 1. The molecule has 0 spiro atoms. The lowest BCUT2D eigenvalue weighted by atomic mass is 10.0. The standard InChI is InChI=1S/C17H19F2NS/c1-2-6-20-17(12-7-13(18)10-14(19)8-12)16-9-11-4-3-5-15(11)21-16/h7-10,17,20H,2-6H2,1H3. The van der Waals surface area contributed by atoms with Gasteiger partial charge in [0.15, 0.2) is 0 Å². The van der Waals surface area contributed by atoms with Crippen molar-refractivity contribution in [3.05, 3.63) is 56.8 Å². The topological polar surface area (TPSA) is 12.0 Å². The van der Waals surface area contributed by atoms with Crippen molar-refractivity contribution in [2.24, 2.45) is 0 Å². The first-order valence-electron chi connectivity index (χ1n) is 7.48. The molecule has 0 fully saturated rings. The molecule has 1 aliphatic carbocycles. The molecule has 1 unspecified atom stereocenters. The van der Waals surface area contributed by atoms with E-state index in [1.165, 1.54) is 29.0 Å². The van der Waals surface area contributed by atoms with Crippen LogP contribution in [-0.4, -0.2) is 6.54 Å². The third-order valence-corrected chi connectivity index (χ3v) is 5.17. The molecule has 0 aliphatic heterocycles. The molecule has 1 atom stereocenters. The minimum absolute atomic E-state index is 0.120. The number of rotatable bonds is 5. The van der Waals surface area contributed by atoms with Gasteiger partial charge in [-0.1, -0.05) is 6.92 Å². The van der Waals surface area contributed by atoms with Gasteiger partial charge in [0.25, 0.3) is 0 Å². The minimum atomic E-state index is -0.516. The molecule has 2 aromatic rings. The Kier molecular flexibility index (Phi) is 4.36. The van der Waals surface area contributed by atoms with Gasteiger partial charge in [0.05, 0.1) is 6.04 Å². The SMILES string of the molecule is CCCNC(c1cc(F)cc(F)c1)c1cc2c(s1)CCC2. The second-order valence-corrected chi connectivity index (χ2v) is 6.71. The smallest absolute Gasteiger partial charge is 0.126 e. The average Bonchev–Trinajstić information content (AvgIpc) is 2.99. The van der Waals surface area contributed by atoms with Crippen LogP contribution in [0.3, 0.4) is 0 Å². The summed E-state index contributed by atoms with van der Waals surface area (Å²) in [7, 11) is 0. The van der Waals surface area contributed by atoms with Crippen molar-refractivity contribution in [3.63, 3.8) is 0 Å². The van der Waals surface area contributed by atoms with Crippen LogP contribution < -0.4 is 5.32 Å². The molecule has 1 aromatic carbocycles. The van der Waals surface area contributed by atoms with E-state index in [0.29, 0.717) is 5.56 Å². The highest BCUT2D eigenvalue weighted by Gasteiger charge is 2.22. The molecule has 3 rings (SSSR count). The highest BCUT2D eigenvalue weighted by molar-refractivity contribution is 7.12. The zero-order valence-electron chi connectivity index (χ0n) is 12.1. The number of halogens is 2. The largest absolute Gasteiger partial charge is 0.306 e. The van der Waals surface area contributed by atoms with E-state index in [1.807, 2.05) is 0 Å². The van der Waals surface area contributed by atoms with Crippen molar-refractivity contribution in [2.45, 2.75) is 38.6 Å². The summed E-state index contributed by atoms with van der Waals surface area (Å²) in [5.41, 5.74) is 2.08. The number of hydrogen-bond donors (Lipinski definition) is 1. The van der Waals surface area contributed by atoms with Gasteiger partial charge in [0.1, 0.15) is 11.6 Å². The molecule has 1 N–H and O–H groups in total. The minimum Gasteiger partial charge on any atom is -0.306 e. The van der Waals surface area contributed by atoms with Crippen molar-refractivity contribution >= 4 is 11.3 Å². The predicted octanol–water partition coefficient (Wildman–Crippen LogP) is 4.60. The molecule has 0 radical (unpaired) electrons. The fourth-order valence-corrected chi connectivity index (χ4v) is 4.27. The lowest BCUT2D eigenvalue weighted by Gasteiger charge is -2.18. The summed E-state index contributed by atoms with van der Waals surface area (Å²) in [5, 5.41) is 3.42. The van der Waals surface area contributed by atoms with Crippen LogP contribution in [0.4, 0.5) is 8.78 Å². The summed E-state index contributed by atoms with van der Waals surface area (Å²) >= 11 is 1.78. The van der Waals surface area contributed by atoms with Crippen LogP contribution in [0.2, 0.25) is 0 Å². The highest BCUT2D eigenvalue weighted by Crippen LogP contribution is 2.36. The summed E-state index contributed by atoms with van der Waals surface area (Å²) in [6, 6.07) is 5.88. The molecule has 21 heavy (non-hydrogen) atoms. The Morgan fingerprint density at radius 1 is 1.14 bits per heavy atom. The molecule has 0 bridgehead atoms. The van der Waals surface area contributed by atoms with E-state index in [4.69, 9.17) is 0 Å². The summed E-state index contributed by atoms with van der Waals surface area (Å²) in [6.07, 6.45) is 4.48. The van der Waals surface area contributed by atoms with E-state index in [9.17, 15) is 8.78 Å². The first kappa shape index (κ1) is 14.7. The van der Waals surface area contributed by atoms with Crippen molar-refractivity contribution in [1.82, 2.24) is 5.32 Å². The number of hydrogen-bond acceptors (Lipinski definition) is 2. The number of thiophene rings is 1. The average molecular weight is 307 g/mol. The van der Waals surface area contributed by atoms with Gasteiger partial charge >= 0.3 is 0 Å². The van der Waals surface area contributed by atoms with Gasteiger partial charge < -0.3 is 5.32 Å². The van der Waals surface area contributed by atoms with Crippen molar-refractivity contribution in [1.29, 1.82) is 0 Å². The fraction of sp³-hybridized carbons (Fsp3) is 0.412. The van der Waals surface area contributed by atoms with Crippen LogP contribution in [0.15, 0.2) is 24.3 Å². The summed E-state index contributed by atoms with van der Waals surface area (Å²) in [4.78, 5) is 2.60. The molecule has 1 heterocycles. The zero-order valence-corrected chi connectivity index (χ0v) is 12.9. The molecular weight excluding hydrogens is 288 g/mol. The first-order valence-corrected chi connectivity index (χ1v) is 8.30. The van der Waals surface area contributed by atoms with Gasteiger partial charge in [-0.3, -0.25) is 0 Å². The maximum absolute atomic E-state index is 13.5. The van der Waals surface area contributed by atoms with Crippen LogP contribution in [-0.2, 0) is 12.8 Å². The summed E-state index contributed by atoms with van der Waals surface area (Å²) < 4.78 is 27.0. The van der Waals surface area contributed by atoms with E-state index in [0.717, 1.165) is 36.8 Å². The fourth-order valence-electron chi connectivity index (χ4n) is 2.91. The van der Waals surface area contributed by atoms with Crippen LogP contribution in [0, 0.1) is 11.6 Å². The molecule has 4 heteroatoms. The Hall–Kier alpha value is -1.26. The quantitative estimate of drug-likeness (QED) is 0.851. The van der Waals surface area contributed by atoms with E-state index >= 15 is 0 Å². The normalized spacial score (nSPS) is 15.2. The Morgan fingerprint density at radius 3 is 2.57 bits per heavy atom. The van der Waals surface area contributed by atoms with E-state index in [1.54, 1.807) is 11.3 Å². The van der Waals surface area contributed by atoms with Crippen molar-refractivity contribution in [2.75, 3.05) is 6.54 Å². The Balaban J connectivity index is 1.96. The lowest BCUT2D eigenvalue weighted by Crippen LogP contribution is -2.22. The van der Waals surface area contributed by atoms with E-state index in [-0.39, 0.29) is 6.04 Å². The molecule has 0 saturated heterocycles. The first-order chi connectivity index (χ1) is 10.2. The van der Waals surface area contributed by atoms with Gasteiger partial charge in [-0.2, -0.15) is 0 Å². The lowest BCUT2D eigenvalue weighted by molar-refractivity contribution is 0.561. The Morgan fingerprint density at radius 2 is 1.90 bits per heavy atom. The maximum Gasteiger partial charge on any atom is 0.126 e.